The van der Waals surface area contributed by atoms with E-state index in [2.05, 4.69) is 44.3 Å². The van der Waals surface area contributed by atoms with Crippen LogP contribution in [0.2, 0.25) is 0 Å². The molecule has 21 heavy (non-hydrogen) atoms. The van der Waals surface area contributed by atoms with Crippen LogP contribution in [-0.2, 0) is 6.42 Å². The average Bonchev–Trinajstić information content (AvgIpc) is 2.72. The first-order valence-electron chi connectivity index (χ1n) is 8.58. The number of aliphatic imine (C=N–C) groups is 1. The molecule has 3 rings (SSSR count). The van der Waals surface area contributed by atoms with Gasteiger partial charge in [-0.3, -0.25) is 4.99 Å². The Morgan fingerprint density at radius 3 is 2.62 bits per heavy atom. The summed E-state index contributed by atoms with van der Waals surface area (Å²) in [6.45, 7) is 4.54. The first kappa shape index (κ1) is 14.6. The Balaban J connectivity index is 1.65. The average molecular weight is 281 g/mol. The van der Waals surface area contributed by atoms with Crippen LogP contribution in [0.5, 0.6) is 0 Å². The van der Waals surface area contributed by atoms with Crippen molar-refractivity contribution in [1.82, 2.24) is 0 Å². The molecule has 0 N–H and O–H groups in total. The normalized spacial score (nSPS) is 25.1. The maximum Gasteiger partial charge on any atom is 0.0370 e. The van der Waals surface area contributed by atoms with Gasteiger partial charge in [0.05, 0.1) is 0 Å². The summed E-state index contributed by atoms with van der Waals surface area (Å²) in [7, 11) is 0. The van der Waals surface area contributed by atoms with Crippen molar-refractivity contribution in [2.24, 2.45) is 16.8 Å². The summed E-state index contributed by atoms with van der Waals surface area (Å²) < 4.78 is 0. The molecule has 0 bridgehead atoms. The fourth-order valence-electron chi connectivity index (χ4n) is 3.83. The molecule has 0 saturated heterocycles. The minimum absolute atomic E-state index is 0.860. The standard InChI is InChI=1S/C20H27N/c1-3-16-7-9-17(10-8-16)13-19-11-12-20-15(2)5-4-6-18(20)14-21-19/h4-6,11,14,16-17H,3,7-10,12-13H2,1-2H3. The lowest BCUT2D eigenvalue weighted by Crippen LogP contribution is -2.14. The van der Waals surface area contributed by atoms with E-state index in [9.17, 15) is 0 Å². The SMILES string of the molecule is CCC1CCC(CC2=CCc3c(C)cccc3C=N2)CC1. The number of aryl methyl sites for hydroxylation is 1. The van der Waals surface area contributed by atoms with E-state index >= 15 is 0 Å². The van der Waals surface area contributed by atoms with E-state index in [1.165, 1.54) is 60.9 Å². The predicted octanol–water partition coefficient (Wildman–Crippen LogP) is 5.46. The number of hydrogen-bond acceptors (Lipinski definition) is 1. The Morgan fingerprint density at radius 2 is 1.86 bits per heavy atom. The molecule has 0 radical (unpaired) electrons. The zero-order valence-electron chi connectivity index (χ0n) is 13.4. The maximum atomic E-state index is 4.78. The Bertz CT molecular complexity index is 545. The summed E-state index contributed by atoms with van der Waals surface area (Å²) in [4.78, 5) is 4.78. The first-order valence-corrected chi connectivity index (χ1v) is 8.58. The van der Waals surface area contributed by atoms with Crippen LogP contribution in [0.1, 0.15) is 62.1 Å². The highest BCUT2D eigenvalue weighted by Gasteiger charge is 2.21. The fraction of sp³-hybridized carbons (Fsp3) is 0.550. The van der Waals surface area contributed by atoms with Gasteiger partial charge in [0, 0.05) is 11.9 Å². The molecule has 2 aliphatic rings. The van der Waals surface area contributed by atoms with Gasteiger partial charge >= 0.3 is 0 Å². The molecule has 1 heteroatoms. The smallest absolute Gasteiger partial charge is 0.0370 e. The molecular weight excluding hydrogens is 254 g/mol. The maximum absolute atomic E-state index is 4.78. The Labute approximate surface area is 129 Å². The second kappa shape index (κ2) is 6.60. The molecule has 0 unspecified atom stereocenters. The molecule has 1 fully saturated rings. The van der Waals surface area contributed by atoms with Gasteiger partial charge in [-0.05, 0) is 61.1 Å². The van der Waals surface area contributed by atoms with Crippen LogP contribution >= 0.6 is 0 Å². The van der Waals surface area contributed by atoms with Crippen molar-refractivity contribution >= 4 is 6.21 Å². The summed E-state index contributed by atoms with van der Waals surface area (Å²) in [5, 5.41) is 0. The van der Waals surface area contributed by atoms with E-state index in [1.807, 2.05) is 0 Å². The van der Waals surface area contributed by atoms with Gasteiger partial charge in [0.25, 0.3) is 0 Å². The second-order valence-corrected chi connectivity index (χ2v) is 6.80. The van der Waals surface area contributed by atoms with Crippen LogP contribution in [0, 0.1) is 18.8 Å². The summed E-state index contributed by atoms with van der Waals surface area (Å²) in [5.74, 6) is 1.85. The molecule has 1 aliphatic carbocycles. The lowest BCUT2D eigenvalue weighted by atomic mass is 9.79. The highest BCUT2D eigenvalue weighted by molar-refractivity contribution is 5.83. The monoisotopic (exact) mass is 281 g/mol. The van der Waals surface area contributed by atoms with Gasteiger partial charge in [-0.1, -0.05) is 50.5 Å². The molecule has 0 spiro atoms. The van der Waals surface area contributed by atoms with Crippen molar-refractivity contribution < 1.29 is 0 Å². The number of rotatable bonds is 3. The van der Waals surface area contributed by atoms with Crippen molar-refractivity contribution in [1.29, 1.82) is 0 Å². The number of nitrogens with zero attached hydrogens (tertiary/aromatic N) is 1. The van der Waals surface area contributed by atoms with E-state index in [4.69, 9.17) is 4.99 Å². The number of benzene rings is 1. The lowest BCUT2D eigenvalue weighted by Gasteiger charge is -2.27. The fourth-order valence-corrected chi connectivity index (χ4v) is 3.83. The molecule has 1 heterocycles. The van der Waals surface area contributed by atoms with Crippen molar-refractivity contribution in [3.05, 3.63) is 46.7 Å². The van der Waals surface area contributed by atoms with E-state index < -0.39 is 0 Å². The zero-order valence-corrected chi connectivity index (χ0v) is 13.4. The highest BCUT2D eigenvalue weighted by Crippen LogP contribution is 2.34. The van der Waals surface area contributed by atoms with Crippen LogP contribution in [-0.4, -0.2) is 6.21 Å². The van der Waals surface area contributed by atoms with Crippen molar-refractivity contribution in [2.75, 3.05) is 0 Å². The minimum atomic E-state index is 0.860. The molecule has 0 amide bonds. The zero-order chi connectivity index (χ0) is 14.7. The largest absolute Gasteiger partial charge is 0.261 e. The van der Waals surface area contributed by atoms with Gasteiger partial charge in [0.1, 0.15) is 0 Å². The molecule has 1 aromatic rings. The molecule has 1 saturated carbocycles. The summed E-state index contributed by atoms with van der Waals surface area (Å²) in [6.07, 6.45) is 13.7. The first-order chi connectivity index (χ1) is 10.3. The molecule has 0 aromatic heterocycles. The highest BCUT2D eigenvalue weighted by atomic mass is 14.7. The van der Waals surface area contributed by atoms with Crippen LogP contribution < -0.4 is 0 Å². The van der Waals surface area contributed by atoms with Crippen molar-refractivity contribution in [2.45, 2.75) is 58.8 Å². The summed E-state index contributed by atoms with van der Waals surface area (Å²) in [5.41, 5.74) is 5.45. The van der Waals surface area contributed by atoms with Crippen molar-refractivity contribution in [3.63, 3.8) is 0 Å². The van der Waals surface area contributed by atoms with Crippen LogP contribution in [0.3, 0.4) is 0 Å². The van der Waals surface area contributed by atoms with Gasteiger partial charge in [-0.2, -0.15) is 0 Å². The van der Waals surface area contributed by atoms with Crippen LogP contribution in [0.25, 0.3) is 0 Å². The third-order valence-electron chi connectivity index (χ3n) is 5.40. The summed E-state index contributed by atoms with van der Waals surface area (Å²) in [6, 6.07) is 6.53. The van der Waals surface area contributed by atoms with E-state index in [0.29, 0.717) is 0 Å². The Hall–Kier alpha value is -1.37. The van der Waals surface area contributed by atoms with Gasteiger partial charge < -0.3 is 0 Å². The van der Waals surface area contributed by atoms with E-state index in [0.717, 1.165) is 18.3 Å². The van der Waals surface area contributed by atoms with Gasteiger partial charge in [0.2, 0.25) is 0 Å². The molecular formula is C20H27N. The van der Waals surface area contributed by atoms with Crippen LogP contribution in [0.15, 0.2) is 35.0 Å². The number of fused-ring (bicyclic) bond motifs is 1. The molecule has 112 valence electrons. The lowest BCUT2D eigenvalue weighted by molar-refractivity contribution is 0.267. The Kier molecular flexibility index (Phi) is 4.57. The van der Waals surface area contributed by atoms with Gasteiger partial charge in [-0.15, -0.1) is 0 Å². The quantitative estimate of drug-likeness (QED) is 0.697. The molecule has 1 aromatic carbocycles. The van der Waals surface area contributed by atoms with Crippen molar-refractivity contribution in [3.8, 4) is 0 Å². The van der Waals surface area contributed by atoms with E-state index in [1.54, 1.807) is 0 Å². The molecule has 1 aliphatic heterocycles. The molecule has 1 nitrogen and oxygen atoms in total. The van der Waals surface area contributed by atoms with E-state index in [-0.39, 0.29) is 0 Å². The Morgan fingerprint density at radius 1 is 1.10 bits per heavy atom. The third-order valence-corrected chi connectivity index (χ3v) is 5.40. The number of hydrogen-bond donors (Lipinski definition) is 0. The predicted molar refractivity (Wildman–Crippen MR) is 90.9 cm³/mol. The minimum Gasteiger partial charge on any atom is -0.261 e. The third kappa shape index (κ3) is 3.45. The summed E-state index contributed by atoms with van der Waals surface area (Å²) >= 11 is 0. The topological polar surface area (TPSA) is 12.4 Å². The number of allylic oxidation sites excluding steroid dienone is 2. The molecule has 0 atom stereocenters. The second-order valence-electron chi connectivity index (χ2n) is 6.80. The van der Waals surface area contributed by atoms with Crippen LogP contribution in [0.4, 0.5) is 0 Å². The van der Waals surface area contributed by atoms with Gasteiger partial charge in [0.15, 0.2) is 0 Å². The van der Waals surface area contributed by atoms with Gasteiger partial charge in [-0.25, -0.2) is 0 Å².